The molecule has 11 heteroatoms. The second-order valence-corrected chi connectivity index (χ2v) is 7.30. The first-order valence-electron chi connectivity index (χ1n) is 9.61. The zero-order valence-electron chi connectivity index (χ0n) is 19.1. The van der Waals surface area contributed by atoms with Crippen molar-refractivity contribution in [3.63, 3.8) is 0 Å². The summed E-state index contributed by atoms with van der Waals surface area (Å²) in [5.41, 5.74) is 1.38. The van der Waals surface area contributed by atoms with E-state index in [1.54, 1.807) is 29.6 Å². The lowest BCUT2D eigenvalue weighted by Crippen LogP contribution is -2.12. The van der Waals surface area contributed by atoms with Crippen LogP contribution in [0.2, 0.25) is 0 Å². The summed E-state index contributed by atoms with van der Waals surface area (Å²) < 4.78 is 32.0. The highest BCUT2D eigenvalue weighted by Gasteiger charge is 2.18. The Kier molecular flexibility index (Phi) is 7.67. The number of benzene rings is 2. The first-order chi connectivity index (χ1) is 16.0. The lowest BCUT2D eigenvalue weighted by Gasteiger charge is -2.14. The van der Waals surface area contributed by atoms with Gasteiger partial charge < -0.3 is 39.1 Å². The molecular weight excluding hydrogens is 450 g/mol. The molecule has 10 nitrogen and oxygen atoms in total. The third kappa shape index (κ3) is 5.14. The van der Waals surface area contributed by atoms with Crippen molar-refractivity contribution >= 4 is 33.8 Å². The number of amides is 1. The van der Waals surface area contributed by atoms with E-state index in [0.29, 0.717) is 51.0 Å². The molecule has 0 fully saturated rings. The molecule has 0 unspecified atom stereocenters. The molecule has 0 atom stereocenters. The zero-order valence-corrected chi connectivity index (χ0v) is 19.9. The molecule has 2 aromatic carbocycles. The third-order valence-corrected chi connectivity index (χ3v) is 5.33. The van der Waals surface area contributed by atoms with Crippen molar-refractivity contribution < 1.29 is 33.2 Å². The average molecular weight is 476 g/mol. The molecule has 0 saturated carbocycles. The number of nitrogens with one attached hydrogen (secondary N) is 2. The van der Waals surface area contributed by atoms with Crippen LogP contribution in [0, 0.1) is 0 Å². The van der Waals surface area contributed by atoms with Gasteiger partial charge >= 0.3 is 0 Å². The van der Waals surface area contributed by atoms with Crippen LogP contribution in [-0.2, 0) is 0 Å². The zero-order chi connectivity index (χ0) is 24.0. The van der Waals surface area contributed by atoms with Gasteiger partial charge in [0.1, 0.15) is 5.69 Å². The predicted octanol–water partition coefficient (Wildman–Crippen LogP) is 4.19. The second-order valence-electron chi connectivity index (χ2n) is 6.45. The Bertz CT molecular complexity index is 1080. The number of ether oxygens (including phenoxy) is 6. The maximum atomic E-state index is 12.8. The second kappa shape index (κ2) is 10.6. The molecule has 0 aliphatic rings. The minimum atomic E-state index is -0.390. The number of nitrogens with zero attached hydrogens (tertiary/aromatic N) is 1. The van der Waals surface area contributed by atoms with Gasteiger partial charge in [-0.2, -0.15) is 0 Å². The molecular formula is C22H25N3O7S. The molecule has 0 bridgehead atoms. The fourth-order valence-corrected chi connectivity index (χ4v) is 3.77. The van der Waals surface area contributed by atoms with Gasteiger partial charge in [0.15, 0.2) is 28.1 Å². The van der Waals surface area contributed by atoms with E-state index in [-0.39, 0.29) is 5.69 Å². The van der Waals surface area contributed by atoms with Gasteiger partial charge in [0.2, 0.25) is 11.5 Å². The molecule has 0 aliphatic heterocycles. The van der Waals surface area contributed by atoms with Crippen LogP contribution in [0.25, 0.3) is 0 Å². The highest BCUT2D eigenvalue weighted by molar-refractivity contribution is 7.14. The topological polar surface area (TPSA) is 109 Å². The molecule has 0 spiro atoms. The molecule has 33 heavy (non-hydrogen) atoms. The smallest absolute Gasteiger partial charge is 0.275 e. The molecule has 1 heterocycles. The van der Waals surface area contributed by atoms with E-state index in [1.165, 1.54) is 54.0 Å². The normalized spacial score (nSPS) is 10.2. The Morgan fingerprint density at radius 3 is 1.61 bits per heavy atom. The van der Waals surface area contributed by atoms with E-state index in [4.69, 9.17) is 28.4 Å². The van der Waals surface area contributed by atoms with Gasteiger partial charge in [0.25, 0.3) is 5.91 Å². The average Bonchev–Trinajstić information content (AvgIpc) is 3.31. The lowest BCUT2D eigenvalue weighted by atomic mass is 10.2. The van der Waals surface area contributed by atoms with Gasteiger partial charge in [0, 0.05) is 41.0 Å². The molecule has 1 aromatic heterocycles. The SMILES string of the molecule is COc1cc(NC(=O)c2csc(Nc3cc(OC)c(OC)c(OC)c3)n2)cc(OC)c1OC. The van der Waals surface area contributed by atoms with E-state index in [2.05, 4.69) is 15.6 Å². The van der Waals surface area contributed by atoms with Crippen molar-refractivity contribution in [3.8, 4) is 34.5 Å². The quantitative estimate of drug-likeness (QED) is 0.446. The summed E-state index contributed by atoms with van der Waals surface area (Å²) in [5, 5.41) is 8.10. The number of aromatic nitrogens is 1. The van der Waals surface area contributed by atoms with Crippen molar-refractivity contribution in [1.82, 2.24) is 4.98 Å². The predicted molar refractivity (Wildman–Crippen MR) is 126 cm³/mol. The summed E-state index contributed by atoms with van der Waals surface area (Å²) in [6.45, 7) is 0. The van der Waals surface area contributed by atoms with Crippen LogP contribution in [-0.4, -0.2) is 53.5 Å². The van der Waals surface area contributed by atoms with E-state index < -0.39 is 5.91 Å². The maximum Gasteiger partial charge on any atom is 0.275 e. The van der Waals surface area contributed by atoms with Crippen LogP contribution in [0.1, 0.15) is 10.5 Å². The fraction of sp³-hybridized carbons (Fsp3) is 0.273. The number of hydrogen-bond donors (Lipinski definition) is 2. The summed E-state index contributed by atoms with van der Waals surface area (Å²) in [5.74, 6) is 2.37. The van der Waals surface area contributed by atoms with Crippen molar-refractivity contribution in [2.24, 2.45) is 0 Å². The van der Waals surface area contributed by atoms with E-state index >= 15 is 0 Å². The van der Waals surface area contributed by atoms with Crippen LogP contribution in [0.15, 0.2) is 29.6 Å². The number of hydrogen-bond acceptors (Lipinski definition) is 10. The molecule has 3 aromatic rings. The Morgan fingerprint density at radius 2 is 1.18 bits per heavy atom. The Morgan fingerprint density at radius 1 is 0.727 bits per heavy atom. The first-order valence-corrected chi connectivity index (χ1v) is 10.5. The van der Waals surface area contributed by atoms with Crippen molar-refractivity contribution in [3.05, 3.63) is 35.3 Å². The largest absolute Gasteiger partial charge is 0.493 e. The lowest BCUT2D eigenvalue weighted by molar-refractivity contribution is 0.102. The standard InChI is InChI=1S/C22H25N3O7S/c1-27-15-7-12(8-16(28-2)19(15)31-5)23-21(26)14-11-33-22(25-14)24-13-9-17(29-3)20(32-6)18(10-13)30-4/h7-11H,1-6H3,(H,23,26)(H,24,25). The summed E-state index contributed by atoms with van der Waals surface area (Å²) in [7, 11) is 9.13. The minimum Gasteiger partial charge on any atom is -0.493 e. The molecule has 0 saturated heterocycles. The van der Waals surface area contributed by atoms with Gasteiger partial charge in [0.05, 0.1) is 42.7 Å². The van der Waals surface area contributed by atoms with Crippen molar-refractivity contribution in [1.29, 1.82) is 0 Å². The highest BCUT2D eigenvalue weighted by Crippen LogP contribution is 2.41. The molecule has 176 valence electrons. The maximum absolute atomic E-state index is 12.8. The molecule has 0 aliphatic carbocycles. The van der Waals surface area contributed by atoms with Crippen molar-refractivity contribution in [2.75, 3.05) is 53.3 Å². The van der Waals surface area contributed by atoms with E-state index in [0.717, 1.165) is 0 Å². The van der Waals surface area contributed by atoms with E-state index in [9.17, 15) is 4.79 Å². The van der Waals surface area contributed by atoms with Crippen molar-refractivity contribution in [2.45, 2.75) is 0 Å². The first kappa shape index (κ1) is 23.8. The number of anilines is 3. The Labute approximate surface area is 195 Å². The molecule has 0 radical (unpaired) electrons. The Hall–Kier alpha value is -3.86. The van der Waals surface area contributed by atoms with Crippen LogP contribution >= 0.6 is 11.3 Å². The van der Waals surface area contributed by atoms with Crippen LogP contribution in [0.5, 0.6) is 34.5 Å². The van der Waals surface area contributed by atoms with Gasteiger partial charge in [-0.25, -0.2) is 4.98 Å². The van der Waals surface area contributed by atoms with Crippen LogP contribution < -0.4 is 39.1 Å². The molecule has 1 amide bonds. The summed E-state index contributed by atoms with van der Waals surface area (Å²) >= 11 is 1.28. The monoisotopic (exact) mass is 475 g/mol. The number of carbonyl (C=O) groups excluding carboxylic acids is 1. The molecule has 3 rings (SSSR count). The Balaban J connectivity index is 1.79. The van der Waals surface area contributed by atoms with Gasteiger partial charge in [-0.15, -0.1) is 11.3 Å². The van der Waals surface area contributed by atoms with Crippen LogP contribution in [0.3, 0.4) is 0 Å². The minimum absolute atomic E-state index is 0.240. The van der Waals surface area contributed by atoms with Crippen LogP contribution in [0.4, 0.5) is 16.5 Å². The van der Waals surface area contributed by atoms with Gasteiger partial charge in [-0.05, 0) is 0 Å². The number of carbonyl (C=O) groups is 1. The van der Waals surface area contributed by atoms with Gasteiger partial charge in [-0.1, -0.05) is 0 Å². The summed E-state index contributed by atoms with van der Waals surface area (Å²) in [4.78, 5) is 17.1. The highest BCUT2D eigenvalue weighted by atomic mass is 32.1. The fourth-order valence-electron chi connectivity index (χ4n) is 3.06. The number of methoxy groups -OCH3 is 6. The third-order valence-electron chi connectivity index (χ3n) is 4.58. The summed E-state index contributed by atoms with van der Waals surface area (Å²) in [6.07, 6.45) is 0. The number of thiazole rings is 1. The van der Waals surface area contributed by atoms with E-state index in [1.807, 2.05) is 0 Å². The summed E-state index contributed by atoms with van der Waals surface area (Å²) in [6, 6.07) is 6.78. The van der Waals surface area contributed by atoms with Gasteiger partial charge in [-0.3, -0.25) is 4.79 Å². The number of rotatable bonds is 10. The molecule has 2 N–H and O–H groups in total.